The summed E-state index contributed by atoms with van der Waals surface area (Å²) in [5.74, 6) is -0.333. The third-order valence-corrected chi connectivity index (χ3v) is 1.91. The van der Waals surface area contributed by atoms with E-state index in [1.807, 2.05) is 0 Å². The molecule has 0 radical (unpaired) electrons. The lowest BCUT2D eigenvalue weighted by atomic mass is 10.0. The molecule has 0 bridgehead atoms. The molecule has 12 heavy (non-hydrogen) atoms. The van der Waals surface area contributed by atoms with Crippen LogP contribution in [0.4, 0.5) is 4.39 Å². The Labute approximate surface area is 71.3 Å². The average Bonchev–Trinajstić information content (AvgIpc) is 2.05. The molecule has 1 aliphatic rings. The molecule has 3 nitrogen and oxygen atoms in total. The molecule has 1 fully saturated rings. The van der Waals surface area contributed by atoms with Crippen molar-refractivity contribution < 1.29 is 13.9 Å². The molecule has 0 aliphatic carbocycles. The second-order valence-electron chi connectivity index (χ2n) is 2.88. The maximum absolute atomic E-state index is 12.8. The number of carbonyl (C=O) groups excluding carboxylic acids is 1. The fraction of sp³-hybridized carbons (Fsp3) is 0.875. The third kappa shape index (κ3) is 2.44. The van der Waals surface area contributed by atoms with Crippen molar-refractivity contribution in [3.63, 3.8) is 0 Å². The number of esters is 1. The maximum Gasteiger partial charge on any atom is 0.323 e. The van der Waals surface area contributed by atoms with Crippen LogP contribution in [0.1, 0.15) is 19.8 Å². The van der Waals surface area contributed by atoms with Crippen LogP contribution in [0.2, 0.25) is 0 Å². The van der Waals surface area contributed by atoms with Crippen LogP contribution in [0.15, 0.2) is 0 Å². The predicted octanol–water partition coefficient (Wildman–Crippen LogP) is 0.640. The third-order valence-electron chi connectivity index (χ3n) is 1.91. The standard InChI is InChI=1S/C8H14FNO2/c1-2-12-8(11)7-5-6(9)3-4-10-7/h6-7,10H,2-5H2,1H3. The van der Waals surface area contributed by atoms with Gasteiger partial charge in [0.15, 0.2) is 0 Å². The van der Waals surface area contributed by atoms with Gasteiger partial charge in [0, 0.05) is 6.42 Å². The maximum atomic E-state index is 12.8. The van der Waals surface area contributed by atoms with Crippen molar-refractivity contribution >= 4 is 5.97 Å². The van der Waals surface area contributed by atoms with Gasteiger partial charge in [0.25, 0.3) is 0 Å². The molecule has 1 N–H and O–H groups in total. The van der Waals surface area contributed by atoms with Gasteiger partial charge in [-0.2, -0.15) is 0 Å². The number of carbonyl (C=O) groups is 1. The molecule has 0 aromatic heterocycles. The number of halogens is 1. The molecule has 0 aromatic carbocycles. The predicted molar refractivity (Wildman–Crippen MR) is 42.6 cm³/mol. The lowest BCUT2D eigenvalue weighted by Crippen LogP contribution is -2.45. The van der Waals surface area contributed by atoms with E-state index >= 15 is 0 Å². The van der Waals surface area contributed by atoms with Crippen molar-refractivity contribution in [2.75, 3.05) is 13.2 Å². The van der Waals surface area contributed by atoms with E-state index in [4.69, 9.17) is 4.74 Å². The molecule has 1 saturated heterocycles. The van der Waals surface area contributed by atoms with Crippen molar-refractivity contribution in [2.45, 2.75) is 32.0 Å². The second kappa shape index (κ2) is 4.40. The average molecular weight is 175 g/mol. The first-order chi connectivity index (χ1) is 5.74. The van der Waals surface area contributed by atoms with Crippen LogP contribution in [-0.4, -0.2) is 31.3 Å². The highest BCUT2D eigenvalue weighted by molar-refractivity contribution is 5.75. The molecule has 70 valence electrons. The molecular formula is C8H14FNO2. The highest BCUT2D eigenvalue weighted by Crippen LogP contribution is 2.12. The van der Waals surface area contributed by atoms with Crippen LogP contribution in [0, 0.1) is 0 Å². The summed E-state index contributed by atoms with van der Waals surface area (Å²) in [6.45, 7) is 2.66. The Bertz CT molecular complexity index is 163. The van der Waals surface area contributed by atoms with Crippen LogP contribution >= 0.6 is 0 Å². The highest BCUT2D eigenvalue weighted by Gasteiger charge is 2.27. The minimum atomic E-state index is -0.861. The summed E-state index contributed by atoms with van der Waals surface area (Å²) >= 11 is 0. The van der Waals surface area contributed by atoms with Gasteiger partial charge in [-0.15, -0.1) is 0 Å². The summed E-state index contributed by atoms with van der Waals surface area (Å²) in [4.78, 5) is 11.1. The molecule has 0 saturated carbocycles. The Kier molecular flexibility index (Phi) is 3.47. The highest BCUT2D eigenvalue weighted by atomic mass is 19.1. The first-order valence-electron chi connectivity index (χ1n) is 4.28. The minimum absolute atomic E-state index is 0.249. The van der Waals surface area contributed by atoms with Crippen molar-refractivity contribution in [1.29, 1.82) is 0 Å². The van der Waals surface area contributed by atoms with Crippen LogP contribution in [0.3, 0.4) is 0 Å². The largest absolute Gasteiger partial charge is 0.465 e. The fourth-order valence-corrected chi connectivity index (χ4v) is 1.29. The lowest BCUT2D eigenvalue weighted by Gasteiger charge is -2.24. The van der Waals surface area contributed by atoms with Gasteiger partial charge in [0.1, 0.15) is 12.2 Å². The molecule has 0 spiro atoms. The molecule has 1 heterocycles. The Morgan fingerprint density at radius 1 is 1.75 bits per heavy atom. The van der Waals surface area contributed by atoms with Crippen molar-refractivity contribution in [1.82, 2.24) is 5.32 Å². The molecule has 0 amide bonds. The summed E-state index contributed by atoms with van der Waals surface area (Å²) in [5.41, 5.74) is 0. The number of alkyl halides is 1. The SMILES string of the molecule is CCOC(=O)C1CC(F)CCN1. The van der Waals surface area contributed by atoms with Gasteiger partial charge in [-0.1, -0.05) is 0 Å². The molecule has 1 rings (SSSR count). The summed E-state index contributed by atoms with van der Waals surface area (Å²) in [6, 6.07) is -0.436. The number of ether oxygens (including phenoxy) is 1. The Morgan fingerprint density at radius 2 is 2.50 bits per heavy atom. The van der Waals surface area contributed by atoms with Crippen molar-refractivity contribution in [3.8, 4) is 0 Å². The monoisotopic (exact) mass is 175 g/mol. The molecule has 2 atom stereocenters. The molecule has 0 aromatic rings. The van der Waals surface area contributed by atoms with Crippen LogP contribution in [0.5, 0.6) is 0 Å². The van der Waals surface area contributed by atoms with Crippen LogP contribution in [0.25, 0.3) is 0 Å². The van der Waals surface area contributed by atoms with Crippen molar-refractivity contribution in [2.24, 2.45) is 0 Å². The molecule has 1 aliphatic heterocycles. The quantitative estimate of drug-likeness (QED) is 0.626. The van der Waals surface area contributed by atoms with E-state index in [1.54, 1.807) is 6.92 Å². The topological polar surface area (TPSA) is 38.3 Å². The summed E-state index contributed by atoms with van der Waals surface area (Å²) < 4.78 is 17.5. The van der Waals surface area contributed by atoms with E-state index in [0.717, 1.165) is 0 Å². The number of hydrogen-bond donors (Lipinski definition) is 1. The van der Waals surface area contributed by atoms with Crippen LogP contribution in [-0.2, 0) is 9.53 Å². The Balaban J connectivity index is 2.35. The number of hydrogen-bond acceptors (Lipinski definition) is 3. The van der Waals surface area contributed by atoms with Gasteiger partial charge in [0.05, 0.1) is 6.61 Å². The van der Waals surface area contributed by atoms with Gasteiger partial charge in [-0.25, -0.2) is 4.39 Å². The van der Waals surface area contributed by atoms with Crippen molar-refractivity contribution in [3.05, 3.63) is 0 Å². The summed E-state index contributed by atoms with van der Waals surface area (Å²) in [7, 11) is 0. The smallest absolute Gasteiger partial charge is 0.323 e. The van der Waals surface area contributed by atoms with Gasteiger partial charge < -0.3 is 10.1 Å². The zero-order valence-electron chi connectivity index (χ0n) is 7.18. The Morgan fingerprint density at radius 3 is 3.08 bits per heavy atom. The summed E-state index contributed by atoms with van der Waals surface area (Å²) in [5, 5.41) is 2.92. The van der Waals surface area contributed by atoms with E-state index in [9.17, 15) is 9.18 Å². The van der Waals surface area contributed by atoms with Gasteiger partial charge in [0.2, 0.25) is 0 Å². The van der Waals surface area contributed by atoms with E-state index in [0.29, 0.717) is 19.6 Å². The zero-order chi connectivity index (χ0) is 8.97. The lowest BCUT2D eigenvalue weighted by molar-refractivity contribution is -0.146. The minimum Gasteiger partial charge on any atom is -0.465 e. The summed E-state index contributed by atoms with van der Waals surface area (Å²) in [6.07, 6.45) is -0.116. The molecule has 4 heteroatoms. The Hall–Kier alpha value is -0.640. The van der Waals surface area contributed by atoms with Gasteiger partial charge >= 0.3 is 5.97 Å². The molecule has 2 unspecified atom stereocenters. The number of nitrogens with one attached hydrogen (secondary N) is 1. The number of piperidine rings is 1. The zero-order valence-corrected chi connectivity index (χ0v) is 7.18. The van der Waals surface area contributed by atoms with Crippen LogP contribution < -0.4 is 5.32 Å². The fourth-order valence-electron chi connectivity index (χ4n) is 1.29. The number of rotatable bonds is 2. The van der Waals surface area contributed by atoms with E-state index < -0.39 is 12.2 Å². The van der Waals surface area contributed by atoms with E-state index in [-0.39, 0.29) is 12.4 Å². The first-order valence-corrected chi connectivity index (χ1v) is 4.28. The van der Waals surface area contributed by atoms with Gasteiger partial charge in [-0.3, -0.25) is 4.79 Å². The normalized spacial score (nSPS) is 29.8. The molecular weight excluding hydrogens is 161 g/mol. The van der Waals surface area contributed by atoms with E-state index in [1.165, 1.54) is 0 Å². The van der Waals surface area contributed by atoms with Gasteiger partial charge in [-0.05, 0) is 19.9 Å². The van der Waals surface area contributed by atoms with E-state index in [2.05, 4.69) is 5.32 Å². The second-order valence-corrected chi connectivity index (χ2v) is 2.88. The first kappa shape index (κ1) is 9.45.